The lowest BCUT2D eigenvalue weighted by Gasteiger charge is -2.54. The van der Waals surface area contributed by atoms with Crippen LogP contribution in [0.4, 0.5) is 4.79 Å². The number of benzene rings is 2. The number of carbonyl (C=O) groups excluding carboxylic acids is 4. The van der Waals surface area contributed by atoms with Gasteiger partial charge in [0.2, 0.25) is 17.7 Å². The summed E-state index contributed by atoms with van der Waals surface area (Å²) in [6.07, 6.45) is 0.909. The average molecular weight is 574 g/mol. The van der Waals surface area contributed by atoms with Gasteiger partial charge in [-0.1, -0.05) is 53.8 Å². The first-order chi connectivity index (χ1) is 20.2. The van der Waals surface area contributed by atoms with Gasteiger partial charge in [-0.05, 0) is 24.1 Å². The Labute approximate surface area is 243 Å². The summed E-state index contributed by atoms with van der Waals surface area (Å²) in [7, 11) is 3.34. The molecule has 2 aromatic carbocycles. The van der Waals surface area contributed by atoms with Gasteiger partial charge in [0.15, 0.2) is 0 Å². The Hall–Kier alpha value is -4.78. The molecule has 1 aromatic heterocycles. The number of hydrazine groups is 1. The van der Waals surface area contributed by atoms with Gasteiger partial charge in [0.05, 0.1) is 18.6 Å². The molecule has 5 amide bonds. The topological polar surface area (TPSA) is 127 Å². The van der Waals surface area contributed by atoms with Crippen molar-refractivity contribution in [2.45, 2.75) is 38.8 Å². The van der Waals surface area contributed by atoms with E-state index in [9.17, 15) is 19.2 Å². The van der Waals surface area contributed by atoms with Crippen LogP contribution in [-0.4, -0.2) is 109 Å². The fourth-order valence-corrected chi connectivity index (χ4v) is 5.48. The number of rotatable bonds is 8. The third kappa shape index (κ3) is 5.55. The normalized spacial score (nSPS) is 19.2. The molecule has 2 aliphatic rings. The van der Waals surface area contributed by atoms with Crippen molar-refractivity contribution in [2.24, 2.45) is 0 Å². The van der Waals surface area contributed by atoms with Crippen molar-refractivity contribution in [2.75, 3.05) is 33.7 Å². The van der Waals surface area contributed by atoms with E-state index in [0.29, 0.717) is 17.6 Å². The second kappa shape index (κ2) is 12.0. The molecule has 0 bridgehead atoms. The van der Waals surface area contributed by atoms with Crippen molar-refractivity contribution in [1.29, 1.82) is 0 Å². The van der Waals surface area contributed by atoms with Gasteiger partial charge in [-0.3, -0.25) is 14.4 Å². The summed E-state index contributed by atoms with van der Waals surface area (Å²) in [5.41, 5.74) is 2.94. The maximum atomic E-state index is 13.7. The van der Waals surface area contributed by atoms with Crippen LogP contribution in [0.15, 0.2) is 61.2 Å². The zero-order chi connectivity index (χ0) is 30.0. The molecule has 0 saturated carbocycles. The summed E-state index contributed by atoms with van der Waals surface area (Å²) in [6.45, 7) is 6.30. The minimum absolute atomic E-state index is 0.00163. The molecular weight excluding hydrogens is 538 g/mol. The summed E-state index contributed by atoms with van der Waals surface area (Å²) in [6, 6.07) is 13.9. The van der Waals surface area contributed by atoms with Gasteiger partial charge < -0.3 is 20.0 Å². The monoisotopic (exact) mass is 573 g/mol. The second-order valence-corrected chi connectivity index (χ2v) is 10.6. The molecule has 220 valence electrons. The highest BCUT2D eigenvalue weighted by Crippen LogP contribution is 2.28. The quantitative estimate of drug-likeness (QED) is 0.399. The second-order valence-electron chi connectivity index (χ2n) is 10.6. The number of likely N-dealkylation sites (N-methyl/N-ethyl adjacent to an activating group) is 1. The number of amides is 5. The lowest BCUT2D eigenvalue weighted by molar-refractivity contribution is -0.188. The molecule has 3 aromatic rings. The number of aromatic nitrogens is 3. The van der Waals surface area contributed by atoms with E-state index in [1.54, 1.807) is 43.1 Å². The molecular formula is C29H35N9O4. The summed E-state index contributed by atoms with van der Waals surface area (Å²) in [4.78, 5) is 57.7. The number of nitrogens with zero attached hydrogens (tertiary/aromatic N) is 8. The highest BCUT2D eigenvalue weighted by atomic mass is 16.2. The zero-order valence-corrected chi connectivity index (χ0v) is 24.0. The number of carbonyl (C=O) groups is 4. The van der Waals surface area contributed by atoms with Crippen LogP contribution in [0.3, 0.4) is 0 Å². The van der Waals surface area contributed by atoms with E-state index in [4.69, 9.17) is 0 Å². The van der Waals surface area contributed by atoms with Crippen molar-refractivity contribution in [3.05, 3.63) is 72.3 Å². The SMILES string of the molecule is C=CCN1CC(=O)N2[C@@H](C)C(=O)N(Cc3cccc4nnn(CC(=O)N(C)C)c34)C[C@@H]2N1C(=O)NCc1ccccc1. The molecule has 0 radical (unpaired) electrons. The number of hydrogen-bond acceptors (Lipinski definition) is 7. The van der Waals surface area contributed by atoms with Crippen molar-refractivity contribution in [1.82, 2.24) is 45.0 Å². The lowest BCUT2D eigenvalue weighted by atomic mass is 10.1. The molecule has 0 aliphatic carbocycles. The third-order valence-corrected chi connectivity index (χ3v) is 7.58. The maximum Gasteiger partial charge on any atom is 0.334 e. The lowest BCUT2D eigenvalue weighted by Crippen LogP contribution is -2.75. The fourth-order valence-electron chi connectivity index (χ4n) is 5.48. The van der Waals surface area contributed by atoms with Gasteiger partial charge in [-0.15, -0.1) is 11.7 Å². The Kier molecular flexibility index (Phi) is 8.20. The summed E-state index contributed by atoms with van der Waals surface area (Å²) in [5, 5.41) is 14.5. The molecule has 3 heterocycles. The van der Waals surface area contributed by atoms with Gasteiger partial charge in [0.25, 0.3) is 0 Å². The summed E-state index contributed by atoms with van der Waals surface area (Å²) in [5.74, 6) is -0.613. The molecule has 42 heavy (non-hydrogen) atoms. The average Bonchev–Trinajstić information content (AvgIpc) is 3.38. The predicted molar refractivity (Wildman–Crippen MR) is 154 cm³/mol. The van der Waals surface area contributed by atoms with Gasteiger partial charge in [-0.2, -0.15) is 0 Å². The van der Waals surface area contributed by atoms with Crippen LogP contribution >= 0.6 is 0 Å². The number of fused-ring (bicyclic) bond motifs is 2. The molecule has 1 N–H and O–H groups in total. The minimum Gasteiger partial charge on any atom is -0.347 e. The molecule has 0 spiro atoms. The molecule has 2 saturated heterocycles. The summed E-state index contributed by atoms with van der Waals surface area (Å²) >= 11 is 0. The van der Waals surface area contributed by atoms with E-state index < -0.39 is 12.2 Å². The third-order valence-electron chi connectivity index (χ3n) is 7.58. The molecule has 2 atom stereocenters. The first kappa shape index (κ1) is 28.7. The predicted octanol–water partition coefficient (Wildman–Crippen LogP) is 1.03. The number of hydrogen-bond donors (Lipinski definition) is 1. The van der Waals surface area contributed by atoms with E-state index in [1.165, 1.54) is 19.5 Å². The van der Waals surface area contributed by atoms with Crippen LogP contribution in [-0.2, 0) is 34.0 Å². The van der Waals surface area contributed by atoms with Crippen LogP contribution in [0.25, 0.3) is 11.0 Å². The Bertz CT molecular complexity index is 1510. The standard InChI is InChI=1S/C29H35N9O4/c1-5-14-35-18-26(40)37-20(2)28(41)34(17-24(37)38(35)29(42)30-15-21-10-7-6-8-11-21)16-22-12-9-13-23-27(22)36(32-31-23)19-25(39)33(3)4/h5-13,20,24H,1,14-19H2,2-4H3,(H,30,42)/t20-,24-/m0/s1. The molecule has 5 rings (SSSR count). The minimum atomic E-state index is -0.788. The Balaban J connectivity index is 1.44. The Morgan fingerprint density at radius 3 is 2.60 bits per heavy atom. The Morgan fingerprint density at radius 1 is 1.12 bits per heavy atom. The van der Waals surface area contributed by atoms with Crippen LogP contribution in [0, 0.1) is 0 Å². The van der Waals surface area contributed by atoms with Gasteiger partial charge in [0.1, 0.15) is 24.3 Å². The zero-order valence-electron chi connectivity index (χ0n) is 24.0. The number of para-hydroxylation sites is 1. The van der Waals surface area contributed by atoms with Gasteiger partial charge in [0, 0.05) is 33.7 Å². The van der Waals surface area contributed by atoms with E-state index in [2.05, 4.69) is 22.2 Å². The van der Waals surface area contributed by atoms with Gasteiger partial charge >= 0.3 is 6.03 Å². The number of urea groups is 1. The largest absolute Gasteiger partial charge is 0.347 e. The van der Waals surface area contributed by atoms with Crippen LogP contribution in [0.5, 0.6) is 0 Å². The van der Waals surface area contributed by atoms with Crippen molar-refractivity contribution >= 4 is 34.8 Å². The molecule has 2 aliphatic heterocycles. The molecule has 0 unspecified atom stereocenters. The molecule has 13 nitrogen and oxygen atoms in total. The van der Waals surface area contributed by atoms with Crippen molar-refractivity contribution in [3.8, 4) is 0 Å². The van der Waals surface area contributed by atoms with Crippen LogP contribution < -0.4 is 5.32 Å². The summed E-state index contributed by atoms with van der Waals surface area (Å²) < 4.78 is 1.54. The van der Waals surface area contributed by atoms with E-state index in [-0.39, 0.29) is 56.5 Å². The van der Waals surface area contributed by atoms with Crippen molar-refractivity contribution < 1.29 is 19.2 Å². The number of nitrogens with one attached hydrogen (secondary N) is 1. The molecule has 2 fully saturated rings. The van der Waals surface area contributed by atoms with Crippen LogP contribution in [0.1, 0.15) is 18.1 Å². The van der Waals surface area contributed by atoms with Crippen LogP contribution in [0.2, 0.25) is 0 Å². The number of piperazine rings is 1. The smallest absolute Gasteiger partial charge is 0.334 e. The van der Waals surface area contributed by atoms with E-state index in [1.807, 2.05) is 42.5 Å². The first-order valence-corrected chi connectivity index (χ1v) is 13.8. The van der Waals surface area contributed by atoms with E-state index >= 15 is 0 Å². The van der Waals surface area contributed by atoms with E-state index in [0.717, 1.165) is 11.1 Å². The molecule has 13 heteroatoms. The van der Waals surface area contributed by atoms with Crippen molar-refractivity contribution in [3.63, 3.8) is 0 Å². The van der Waals surface area contributed by atoms with Gasteiger partial charge in [-0.25, -0.2) is 19.5 Å². The highest BCUT2D eigenvalue weighted by Gasteiger charge is 2.49. The Morgan fingerprint density at radius 2 is 1.88 bits per heavy atom. The maximum absolute atomic E-state index is 13.7. The highest BCUT2D eigenvalue weighted by molar-refractivity contribution is 5.91. The first-order valence-electron chi connectivity index (χ1n) is 13.8. The fraction of sp³-hybridized carbons (Fsp3) is 0.379.